The topological polar surface area (TPSA) is 64.9 Å². The van der Waals surface area contributed by atoms with Crippen LogP contribution in [0.25, 0.3) is 22.8 Å². The van der Waals surface area contributed by atoms with E-state index < -0.39 is 5.82 Å². The van der Waals surface area contributed by atoms with Crippen LogP contribution in [0.5, 0.6) is 0 Å². The van der Waals surface area contributed by atoms with Crippen LogP contribution in [0, 0.1) is 5.82 Å². The molecule has 6 heteroatoms. The Balaban J connectivity index is 1.99. The van der Waals surface area contributed by atoms with Crippen molar-refractivity contribution in [3.63, 3.8) is 0 Å². The summed E-state index contributed by atoms with van der Waals surface area (Å²) in [7, 11) is 0. The first kappa shape index (κ1) is 12.8. The van der Waals surface area contributed by atoms with Gasteiger partial charge >= 0.3 is 0 Å². The summed E-state index contributed by atoms with van der Waals surface area (Å²) in [5, 5.41) is 3.85. The number of rotatable bonds is 2. The monoisotopic (exact) mass is 333 g/mol. The molecule has 100 valence electrons. The van der Waals surface area contributed by atoms with E-state index in [2.05, 4.69) is 26.1 Å². The Hall–Kier alpha value is -2.21. The van der Waals surface area contributed by atoms with Gasteiger partial charge in [0.15, 0.2) is 0 Å². The summed E-state index contributed by atoms with van der Waals surface area (Å²) < 4.78 is 19.6. The quantitative estimate of drug-likeness (QED) is 0.722. The molecule has 2 aromatic carbocycles. The summed E-state index contributed by atoms with van der Waals surface area (Å²) in [4.78, 5) is 4.20. The van der Waals surface area contributed by atoms with Crippen LogP contribution in [0.4, 0.5) is 10.1 Å². The van der Waals surface area contributed by atoms with Gasteiger partial charge in [0.05, 0.1) is 5.56 Å². The molecule has 1 heterocycles. The second-order valence-electron chi connectivity index (χ2n) is 4.17. The minimum absolute atomic E-state index is 0.141. The van der Waals surface area contributed by atoms with Crippen molar-refractivity contribution in [2.75, 3.05) is 5.73 Å². The third-order valence-corrected chi connectivity index (χ3v) is 3.25. The molecule has 1 aromatic heterocycles. The fourth-order valence-corrected chi connectivity index (χ4v) is 2.08. The molecular weight excluding hydrogens is 325 g/mol. The second kappa shape index (κ2) is 5.05. The van der Waals surface area contributed by atoms with Crippen molar-refractivity contribution in [3.8, 4) is 22.8 Å². The lowest BCUT2D eigenvalue weighted by Crippen LogP contribution is -1.86. The molecule has 3 rings (SSSR count). The normalized spacial score (nSPS) is 10.7. The number of nitrogens with two attached hydrogens (primary N) is 1. The van der Waals surface area contributed by atoms with E-state index >= 15 is 0 Å². The summed E-state index contributed by atoms with van der Waals surface area (Å²) >= 11 is 3.20. The minimum Gasteiger partial charge on any atom is -0.399 e. The van der Waals surface area contributed by atoms with Gasteiger partial charge in [-0.1, -0.05) is 21.1 Å². The SMILES string of the molecule is Nc1ccc(-c2noc(-c3ccc(Br)cc3F)n2)cc1. The van der Waals surface area contributed by atoms with Gasteiger partial charge in [-0.05, 0) is 42.5 Å². The summed E-state index contributed by atoms with van der Waals surface area (Å²) in [5.74, 6) is 0.107. The highest BCUT2D eigenvalue weighted by Gasteiger charge is 2.14. The first-order valence-corrected chi connectivity index (χ1v) is 6.58. The molecule has 0 aliphatic rings. The van der Waals surface area contributed by atoms with Crippen molar-refractivity contribution < 1.29 is 8.91 Å². The lowest BCUT2D eigenvalue weighted by atomic mass is 10.2. The van der Waals surface area contributed by atoms with Gasteiger partial charge in [-0.3, -0.25) is 0 Å². The van der Waals surface area contributed by atoms with Crippen LogP contribution < -0.4 is 5.73 Å². The highest BCUT2D eigenvalue weighted by Crippen LogP contribution is 2.26. The molecule has 0 radical (unpaired) electrons. The maximum absolute atomic E-state index is 13.8. The highest BCUT2D eigenvalue weighted by atomic mass is 79.9. The van der Waals surface area contributed by atoms with Gasteiger partial charge in [-0.25, -0.2) is 4.39 Å². The predicted octanol–water partition coefficient (Wildman–Crippen LogP) is 3.89. The van der Waals surface area contributed by atoms with Crippen LogP contribution in [0.2, 0.25) is 0 Å². The molecule has 2 N–H and O–H groups in total. The molecule has 0 fully saturated rings. The van der Waals surface area contributed by atoms with E-state index in [1.807, 2.05) is 0 Å². The van der Waals surface area contributed by atoms with Crippen LogP contribution in [-0.4, -0.2) is 10.1 Å². The first-order valence-electron chi connectivity index (χ1n) is 5.78. The van der Waals surface area contributed by atoms with Crippen molar-refractivity contribution in [3.05, 3.63) is 52.8 Å². The van der Waals surface area contributed by atoms with Gasteiger partial charge in [0.25, 0.3) is 5.89 Å². The molecule has 0 unspecified atom stereocenters. The van der Waals surface area contributed by atoms with E-state index in [0.29, 0.717) is 16.0 Å². The van der Waals surface area contributed by atoms with Gasteiger partial charge in [0.2, 0.25) is 5.82 Å². The van der Waals surface area contributed by atoms with E-state index in [-0.39, 0.29) is 11.5 Å². The molecule has 0 saturated carbocycles. The Labute approximate surface area is 122 Å². The number of anilines is 1. The smallest absolute Gasteiger partial charge is 0.261 e. The maximum Gasteiger partial charge on any atom is 0.261 e. The summed E-state index contributed by atoms with van der Waals surface area (Å²) in [6, 6.07) is 11.7. The Kier molecular flexibility index (Phi) is 3.23. The fourth-order valence-electron chi connectivity index (χ4n) is 1.75. The molecule has 4 nitrogen and oxygen atoms in total. The Bertz CT molecular complexity index is 755. The summed E-state index contributed by atoms with van der Waals surface area (Å²) in [6.07, 6.45) is 0. The molecule has 0 bridgehead atoms. The van der Waals surface area contributed by atoms with Crippen LogP contribution in [0.3, 0.4) is 0 Å². The molecule has 20 heavy (non-hydrogen) atoms. The second-order valence-corrected chi connectivity index (χ2v) is 5.08. The number of aromatic nitrogens is 2. The van der Waals surface area contributed by atoms with Gasteiger partial charge in [-0.2, -0.15) is 4.98 Å². The van der Waals surface area contributed by atoms with Gasteiger partial charge in [0.1, 0.15) is 5.82 Å². The molecule has 0 amide bonds. The van der Waals surface area contributed by atoms with Crippen molar-refractivity contribution in [1.29, 1.82) is 0 Å². The maximum atomic E-state index is 13.8. The largest absolute Gasteiger partial charge is 0.399 e. The molecular formula is C14H9BrFN3O. The number of hydrogen-bond donors (Lipinski definition) is 1. The van der Waals surface area contributed by atoms with Crippen LogP contribution in [0.1, 0.15) is 0 Å². The van der Waals surface area contributed by atoms with E-state index in [9.17, 15) is 4.39 Å². The molecule has 0 saturated heterocycles. The van der Waals surface area contributed by atoms with E-state index in [4.69, 9.17) is 10.3 Å². The number of halogens is 2. The summed E-state index contributed by atoms with van der Waals surface area (Å²) in [6.45, 7) is 0. The Morgan fingerprint density at radius 3 is 2.55 bits per heavy atom. The van der Waals surface area contributed by atoms with Crippen molar-refractivity contribution in [2.45, 2.75) is 0 Å². The van der Waals surface area contributed by atoms with E-state index in [1.165, 1.54) is 6.07 Å². The van der Waals surface area contributed by atoms with Gasteiger partial charge in [-0.15, -0.1) is 0 Å². The minimum atomic E-state index is -0.424. The number of nitrogen functional groups attached to an aromatic ring is 1. The standard InChI is InChI=1S/C14H9BrFN3O/c15-9-3-6-11(12(16)7-9)14-18-13(19-20-14)8-1-4-10(17)5-2-8/h1-7H,17H2. The van der Waals surface area contributed by atoms with Crippen molar-refractivity contribution in [2.24, 2.45) is 0 Å². The predicted molar refractivity (Wildman–Crippen MR) is 77.2 cm³/mol. The number of hydrogen-bond acceptors (Lipinski definition) is 4. The molecule has 3 aromatic rings. The Morgan fingerprint density at radius 1 is 1.10 bits per heavy atom. The lowest BCUT2D eigenvalue weighted by molar-refractivity contribution is 0.429. The van der Waals surface area contributed by atoms with Gasteiger partial charge in [0, 0.05) is 15.7 Å². The van der Waals surface area contributed by atoms with Gasteiger partial charge < -0.3 is 10.3 Å². The molecule has 0 aliphatic heterocycles. The molecule has 0 aliphatic carbocycles. The molecule has 0 atom stereocenters. The number of benzene rings is 2. The first-order chi connectivity index (χ1) is 9.63. The van der Waals surface area contributed by atoms with Crippen LogP contribution in [0.15, 0.2) is 51.5 Å². The third-order valence-electron chi connectivity index (χ3n) is 2.76. The average Bonchev–Trinajstić information content (AvgIpc) is 2.89. The van der Waals surface area contributed by atoms with E-state index in [0.717, 1.165) is 5.56 Å². The van der Waals surface area contributed by atoms with E-state index in [1.54, 1.807) is 36.4 Å². The lowest BCUT2D eigenvalue weighted by Gasteiger charge is -1.97. The fraction of sp³-hybridized carbons (Fsp3) is 0. The summed E-state index contributed by atoms with van der Waals surface area (Å²) in [5.41, 5.74) is 7.29. The Morgan fingerprint density at radius 2 is 1.85 bits per heavy atom. The van der Waals surface area contributed by atoms with Crippen LogP contribution >= 0.6 is 15.9 Å². The number of nitrogens with zero attached hydrogens (tertiary/aromatic N) is 2. The van der Waals surface area contributed by atoms with Crippen molar-refractivity contribution in [1.82, 2.24) is 10.1 Å². The zero-order chi connectivity index (χ0) is 14.1. The average molecular weight is 334 g/mol. The zero-order valence-corrected chi connectivity index (χ0v) is 11.8. The van der Waals surface area contributed by atoms with Crippen LogP contribution in [-0.2, 0) is 0 Å². The third kappa shape index (κ3) is 2.42. The van der Waals surface area contributed by atoms with Crippen molar-refractivity contribution >= 4 is 21.6 Å². The molecule has 0 spiro atoms. The highest BCUT2D eigenvalue weighted by molar-refractivity contribution is 9.10. The zero-order valence-electron chi connectivity index (χ0n) is 10.2.